The highest BCUT2D eigenvalue weighted by molar-refractivity contribution is 6.51. The van der Waals surface area contributed by atoms with Crippen LogP contribution in [0.3, 0.4) is 0 Å². The largest absolute Gasteiger partial charge is 0.410 e. The number of benzene rings is 1. The van der Waals surface area contributed by atoms with Gasteiger partial charge >= 0.3 is 0 Å². The van der Waals surface area contributed by atoms with Crippen LogP contribution < -0.4 is 0 Å². The van der Waals surface area contributed by atoms with E-state index in [4.69, 9.17) is 0 Å². The van der Waals surface area contributed by atoms with Crippen LogP contribution in [0.4, 0.5) is 0 Å². The summed E-state index contributed by atoms with van der Waals surface area (Å²) in [7, 11) is 0. The number of hydrogen-bond donors (Lipinski definition) is 1. The SMILES string of the molecule is O=C(C(=NO)c1cccnc1)c1ccc(-n2ccc3cccnc32)cc1. The van der Waals surface area contributed by atoms with E-state index in [0.29, 0.717) is 11.1 Å². The monoisotopic (exact) mass is 342 g/mol. The molecular weight excluding hydrogens is 328 g/mol. The van der Waals surface area contributed by atoms with Crippen LogP contribution in [0.15, 0.2) is 84.5 Å². The second-order valence-electron chi connectivity index (χ2n) is 5.67. The van der Waals surface area contributed by atoms with Gasteiger partial charge in [0.2, 0.25) is 5.78 Å². The Morgan fingerprint density at radius 3 is 2.50 bits per heavy atom. The molecule has 1 N–H and O–H groups in total. The molecule has 0 radical (unpaired) electrons. The Balaban J connectivity index is 1.66. The van der Waals surface area contributed by atoms with Gasteiger partial charge in [0.25, 0.3) is 0 Å². The lowest BCUT2D eigenvalue weighted by Gasteiger charge is -2.07. The van der Waals surface area contributed by atoms with Crippen molar-refractivity contribution < 1.29 is 10.0 Å². The minimum absolute atomic E-state index is 0.0427. The lowest BCUT2D eigenvalue weighted by atomic mass is 10.0. The Morgan fingerprint density at radius 2 is 1.77 bits per heavy atom. The van der Waals surface area contributed by atoms with Crippen molar-refractivity contribution in [3.05, 3.63) is 90.5 Å². The van der Waals surface area contributed by atoms with Gasteiger partial charge in [0.1, 0.15) is 5.65 Å². The van der Waals surface area contributed by atoms with E-state index in [9.17, 15) is 10.0 Å². The Hall–Kier alpha value is -3.80. The molecule has 0 saturated heterocycles. The van der Waals surface area contributed by atoms with E-state index in [0.717, 1.165) is 16.7 Å². The van der Waals surface area contributed by atoms with Crippen molar-refractivity contribution >= 4 is 22.5 Å². The van der Waals surface area contributed by atoms with E-state index in [2.05, 4.69) is 15.1 Å². The van der Waals surface area contributed by atoms with E-state index < -0.39 is 0 Å². The zero-order valence-electron chi connectivity index (χ0n) is 13.6. The lowest BCUT2D eigenvalue weighted by molar-refractivity contribution is 0.106. The quantitative estimate of drug-likeness (QED) is 0.266. The van der Waals surface area contributed by atoms with Crippen molar-refractivity contribution in [2.24, 2.45) is 5.16 Å². The molecule has 0 atom stereocenters. The molecule has 0 aliphatic rings. The number of pyridine rings is 2. The summed E-state index contributed by atoms with van der Waals surface area (Å²) in [5.74, 6) is -0.373. The van der Waals surface area contributed by atoms with Crippen LogP contribution in [-0.2, 0) is 0 Å². The van der Waals surface area contributed by atoms with Gasteiger partial charge in [-0.1, -0.05) is 5.16 Å². The molecule has 0 aliphatic heterocycles. The maximum absolute atomic E-state index is 12.6. The van der Waals surface area contributed by atoms with Gasteiger partial charge in [-0.25, -0.2) is 4.98 Å². The maximum Gasteiger partial charge on any atom is 0.215 e. The molecule has 0 amide bonds. The molecule has 0 spiro atoms. The van der Waals surface area contributed by atoms with Crippen LogP contribution in [0.5, 0.6) is 0 Å². The number of Topliss-reactive ketones (excluding diaryl/α,β-unsaturated/α-hetero) is 1. The van der Waals surface area contributed by atoms with Gasteiger partial charge in [-0.15, -0.1) is 0 Å². The molecule has 4 aromatic rings. The Morgan fingerprint density at radius 1 is 0.962 bits per heavy atom. The van der Waals surface area contributed by atoms with Gasteiger partial charge in [-0.05, 0) is 54.6 Å². The third kappa shape index (κ3) is 2.73. The third-order valence-electron chi connectivity index (χ3n) is 4.11. The van der Waals surface area contributed by atoms with E-state index in [-0.39, 0.29) is 11.5 Å². The summed E-state index contributed by atoms with van der Waals surface area (Å²) in [5, 5.41) is 13.5. The summed E-state index contributed by atoms with van der Waals surface area (Å²) in [6.07, 6.45) is 6.76. The van der Waals surface area contributed by atoms with Crippen LogP contribution in [0.1, 0.15) is 15.9 Å². The molecule has 0 bridgehead atoms. The van der Waals surface area contributed by atoms with Crippen LogP contribution in [0, 0.1) is 0 Å². The lowest BCUT2D eigenvalue weighted by Crippen LogP contribution is -2.16. The van der Waals surface area contributed by atoms with E-state index >= 15 is 0 Å². The van der Waals surface area contributed by atoms with Crippen LogP contribution in [0.25, 0.3) is 16.7 Å². The molecule has 6 nitrogen and oxygen atoms in total. The molecule has 0 aliphatic carbocycles. The summed E-state index contributed by atoms with van der Waals surface area (Å²) < 4.78 is 1.95. The number of carbonyl (C=O) groups is 1. The zero-order chi connectivity index (χ0) is 17.9. The van der Waals surface area contributed by atoms with Crippen LogP contribution in [0.2, 0.25) is 0 Å². The van der Waals surface area contributed by atoms with E-state index in [1.807, 2.05) is 41.1 Å². The van der Waals surface area contributed by atoms with Crippen molar-refractivity contribution in [3.63, 3.8) is 0 Å². The topological polar surface area (TPSA) is 80.4 Å². The number of rotatable bonds is 4. The molecule has 6 heteroatoms. The fourth-order valence-electron chi connectivity index (χ4n) is 2.82. The van der Waals surface area contributed by atoms with Crippen molar-refractivity contribution in [3.8, 4) is 5.69 Å². The van der Waals surface area contributed by atoms with Gasteiger partial charge < -0.3 is 9.77 Å². The number of nitrogens with zero attached hydrogens (tertiary/aromatic N) is 4. The Kier molecular flexibility index (Phi) is 3.99. The van der Waals surface area contributed by atoms with Crippen LogP contribution in [-0.4, -0.2) is 31.2 Å². The number of carbonyl (C=O) groups excluding carboxylic acids is 1. The number of hydrogen-bond acceptors (Lipinski definition) is 5. The molecule has 4 rings (SSSR count). The third-order valence-corrected chi connectivity index (χ3v) is 4.11. The van der Waals surface area contributed by atoms with Crippen molar-refractivity contribution in [2.45, 2.75) is 0 Å². The van der Waals surface area contributed by atoms with Gasteiger partial charge in [-0.2, -0.15) is 0 Å². The molecule has 0 saturated carbocycles. The minimum Gasteiger partial charge on any atom is -0.410 e. The first kappa shape index (κ1) is 15.7. The molecule has 26 heavy (non-hydrogen) atoms. The number of aromatic nitrogens is 3. The Labute approximate surface area is 149 Å². The fourth-order valence-corrected chi connectivity index (χ4v) is 2.82. The molecule has 0 fully saturated rings. The molecule has 0 unspecified atom stereocenters. The van der Waals surface area contributed by atoms with Crippen molar-refractivity contribution in [1.82, 2.24) is 14.5 Å². The van der Waals surface area contributed by atoms with Crippen molar-refractivity contribution in [2.75, 3.05) is 0 Å². The van der Waals surface area contributed by atoms with Gasteiger partial charge in [0.15, 0.2) is 5.71 Å². The molecule has 1 aromatic carbocycles. The zero-order valence-corrected chi connectivity index (χ0v) is 13.6. The van der Waals surface area contributed by atoms with Crippen molar-refractivity contribution in [1.29, 1.82) is 0 Å². The standard InChI is InChI=1S/C20H14N4O2/c25-19(18(23-26)16-4-1-10-21-13-16)14-5-7-17(8-6-14)24-12-9-15-3-2-11-22-20(15)24/h1-13,26H. The maximum atomic E-state index is 12.6. The van der Waals surface area contributed by atoms with Gasteiger partial charge in [0.05, 0.1) is 0 Å². The number of oxime groups is 1. The average Bonchev–Trinajstić information content (AvgIpc) is 3.13. The molecule has 3 aromatic heterocycles. The first-order valence-corrected chi connectivity index (χ1v) is 7.97. The predicted octanol–water partition coefficient (Wildman–Crippen LogP) is 3.48. The highest BCUT2D eigenvalue weighted by Gasteiger charge is 2.17. The fraction of sp³-hybridized carbons (Fsp3) is 0. The highest BCUT2D eigenvalue weighted by atomic mass is 16.4. The first-order chi connectivity index (χ1) is 12.8. The predicted molar refractivity (Wildman–Crippen MR) is 98.0 cm³/mol. The molecule has 126 valence electrons. The number of ketones is 1. The second kappa shape index (κ2) is 6.60. The minimum atomic E-state index is -0.373. The van der Waals surface area contributed by atoms with Gasteiger partial charge in [-0.3, -0.25) is 9.78 Å². The Bertz CT molecular complexity index is 1100. The normalized spacial score (nSPS) is 11.6. The first-order valence-electron chi connectivity index (χ1n) is 7.97. The second-order valence-corrected chi connectivity index (χ2v) is 5.67. The molecule has 3 heterocycles. The molecular formula is C20H14N4O2. The summed E-state index contributed by atoms with van der Waals surface area (Å²) >= 11 is 0. The summed E-state index contributed by atoms with van der Waals surface area (Å²) in [4.78, 5) is 21.0. The van der Waals surface area contributed by atoms with E-state index in [1.165, 1.54) is 6.20 Å². The summed E-state index contributed by atoms with van der Waals surface area (Å²) in [6.45, 7) is 0. The summed E-state index contributed by atoms with van der Waals surface area (Å²) in [5.41, 5.74) is 2.58. The van der Waals surface area contributed by atoms with E-state index in [1.54, 1.807) is 36.7 Å². The smallest absolute Gasteiger partial charge is 0.215 e. The van der Waals surface area contributed by atoms with Gasteiger partial charge in [0, 0.05) is 47.0 Å². The summed E-state index contributed by atoms with van der Waals surface area (Å²) in [6, 6.07) is 16.3. The number of fused-ring (bicyclic) bond motifs is 1. The average molecular weight is 342 g/mol. The van der Waals surface area contributed by atoms with Crippen LogP contribution >= 0.6 is 0 Å². The highest BCUT2D eigenvalue weighted by Crippen LogP contribution is 2.19.